The second-order valence-corrected chi connectivity index (χ2v) is 7.65. The second-order valence-electron chi connectivity index (χ2n) is 6.64. The fraction of sp³-hybridized carbons (Fsp3) is 0.0833. The van der Waals surface area contributed by atoms with E-state index >= 15 is 0 Å². The number of phenolic OH excluding ortho intramolecular Hbond substituents is 1. The van der Waals surface area contributed by atoms with Crippen molar-refractivity contribution in [2.75, 3.05) is 13.7 Å². The lowest BCUT2D eigenvalue weighted by Gasteiger charge is -2.13. The van der Waals surface area contributed by atoms with Crippen LogP contribution in [0.25, 0.3) is 16.8 Å². The Morgan fingerprint density at radius 1 is 1.17 bits per heavy atom. The van der Waals surface area contributed by atoms with E-state index in [1.54, 1.807) is 35.3 Å². The Labute approximate surface area is 179 Å². The van der Waals surface area contributed by atoms with Crippen molar-refractivity contribution in [3.05, 3.63) is 83.8 Å². The van der Waals surface area contributed by atoms with Gasteiger partial charge in [-0.1, -0.05) is 48.5 Å². The zero-order valence-corrected chi connectivity index (χ0v) is 17.2. The minimum atomic E-state index is -0.133. The number of carbonyl (C=O) groups is 1. The van der Waals surface area contributed by atoms with E-state index in [1.165, 1.54) is 18.9 Å². The number of rotatable bonds is 5. The number of hydrogen-bond donors (Lipinski definition) is 1. The summed E-state index contributed by atoms with van der Waals surface area (Å²) in [6, 6.07) is 18.9. The van der Waals surface area contributed by atoms with Gasteiger partial charge in [-0.05, 0) is 47.0 Å². The molecule has 0 spiro atoms. The molecule has 3 aromatic rings. The Balaban J connectivity index is 1.74. The van der Waals surface area contributed by atoms with Crippen LogP contribution in [0.3, 0.4) is 0 Å². The van der Waals surface area contributed by atoms with Gasteiger partial charge in [0.15, 0.2) is 16.7 Å². The summed E-state index contributed by atoms with van der Waals surface area (Å²) < 4.78 is 5.16. The molecule has 4 rings (SSSR count). The number of aliphatic imine (C=N–C) groups is 1. The Kier molecular flexibility index (Phi) is 5.59. The van der Waals surface area contributed by atoms with Gasteiger partial charge in [-0.25, -0.2) is 4.99 Å². The molecular weight excluding hydrogens is 396 g/mol. The fourth-order valence-corrected chi connectivity index (χ4v) is 4.23. The lowest BCUT2D eigenvalue weighted by Crippen LogP contribution is -2.29. The van der Waals surface area contributed by atoms with E-state index in [2.05, 4.69) is 6.58 Å². The first-order chi connectivity index (χ1) is 14.6. The first-order valence-electron chi connectivity index (χ1n) is 9.36. The van der Waals surface area contributed by atoms with Crippen molar-refractivity contribution in [3.8, 4) is 11.5 Å². The van der Waals surface area contributed by atoms with Crippen LogP contribution in [0.15, 0.2) is 83.2 Å². The highest BCUT2D eigenvalue weighted by Crippen LogP contribution is 2.36. The van der Waals surface area contributed by atoms with Crippen molar-refractivity contribution < 1.29 is 14.6 Å². The molecule has 1 heterocycles. The van der Waals surface area contributed by atoms with E-state index < -0.39 is 0 Å². The van der Waals surface area contributed by atoms with Gasteiger partial charge in [0.05, 0.1) is 17.7 Å². The third kappa shape index (κ3) is 3.82. The van der Waals surface area contributed by atoms with Crippen LogP contribution in [-0.2, 0) is 4.79 Å². The maximum Gasteiger partial charge on any atom is 0.267 e. The fourth-order valence-electron chi connectivity index (χ4n) is 3.23. The number of thioether (sulfide) groups is 1. The van der Waals surface area contributed by atoms with Gasteiger partial charge >= 0.3 is 0 Å². The van der Waals surface area contributed by atoms with Crippen molar-refractivity contribution in [1.82, 2.24) is 4.90 Å². The van der Waals surface area contributed by atoms with Gasteiger partial charge in [0.2, 0.25) is 0 Å². The lowest BCUT2D eigenvalue weighted by atomic mass is 10.1. The molecule has 5 nitrogen and oxygen atoms in total. The second kappa shape index (κ2) is 8.47. The molecule has 1 aliphatic rings. The minimum Gasteiger partial charge on any atom is -0.504 e. The normalized spacial score (nSPS) is 16.6. The predicted octanol–water partition coefficient (Wildman–Crippen LogP) is 5.34. The van der Waals surface area contributed by atoms with Crippen molar-refractivity contribution in [2.24, 2.45) is 4.99 Å². The number of amidine groups is 1. The zero-order valence-electron chi connectivity index (χ0n) is 16.4. The molecule has 0 saturated carbocycles. The number of phenols is 1. The largest absolute Gasteiger partial charge is 0.504 e. The van der Waals surface area contributed by atoms with Gasteiger partial charge in [0.1, 0.15) is 0 Å². The van der Waals surface area contributed by atoms with Crippen LogP contribution < -0.4 is 4.74 Å². The molecule has 30 heavy (non-hydrogen) atoms. The van der Waals surface area contributed by atoms with E-state index in [9.17, 15) is 9.90 Å². The first-order valence-corrected chi connectivity index (χ1v) is 10.2. The summed E-state index contributed by atoms with van der Waals surface area (Å²) in [6.45, 7) is 4.14. The molecule has 0 unspecified atom stereocenters. The lowest BCUT2D eigenvalue weighted by molar-refractivity contribution is -0.121. The van der Waals surface area contributed by atoms with Crippen molar-refractivity contribution >= 4 is 45.4 Å². The number of hydrogen-bond acceptors (Lipinski definition) is 5. The summed E-state index contributed by atoms with van der Waals surface area (Å²) in [5.41, 5.74) is 1.57. The molecule has 0 aliphatic carbocycles. The van der Waals surface area contributed by atoms with E-state index in [-0.39, 0.29) is 11.7 Å². The van der Waals surface area contributed by atoms with E-state index in [0.29, 0.717) is 22.4 Å². The maximum absolute atomic E-state index is 13.0. The van der Waals surface area contributed by atoms with Crippen LogP contribution in [0.1, 0.15) is 5.56 Å². The summed E-state index contributed by atoms with van der Waals surface area (Å²) in [5.74, 6) is 0.273. The molecular formula is C24H20N2O3S. The van der Waals surface area contributed by atoms with Gasteiger partial charge in [-0.2, -0.15) is 0 Å². The molecule has 1 amide bonds. The van der Waals surface area contributed by atoms with Crippen LogP contribution in [-0.4, -0.2) is 34.7 Å². The Morgan fingerprint density at radius 2 is 1.97 bits per heavy atom. The van der Waals surface area contributed by atoms with Crippen molar-refractivity contribution in [2.45, 2.75) is 0 Å². The number of nitrogens with zero attached hydrogens (tertiary/aromatic N) is 2. The highest BCUT2D eigenvalue weighted by molar-refractivity contribution is 8.18. The Hall–Kier alpha value is -3.51. The number of benzene rings is 3. The number of ether oxygens (including phenoxy) is 1. The number of fused-ring (bicyclic) bond motifs is 1. The van der Waals surface area contributed by atoms with E-state index in [0.717, 1.165) is 22.0 Å². The van der Waals surface area contributed by atoms with Crippen LogP contribution in [0.4, 0.5) is 5.69 Å². The number of amides is 1. The van der Waals surface area contributed by atoms with E-state index in [4.69, 9.17) is 9.73 Å². The van der Waals surface area contributed by atoms with Gasteiger partial charge in [0, 0.05) is 11.9 Å². The van der Waals surface area contributed by atoms with Crippen LogP contribution in [0.5, 0.6) is 11.5 Å². The Bertz CT molecular complexity index is 1190. The van der Waals surface area contributed by atoms with E-state index in [1.807, 2.05) is 42.5 Å². The summed E-state index contributed by atoms with van der Waals surface area (Å²) in [5, 5.41) is 12.5. The summed E-state index contributed by atoms with van der Waals surface area (Å²) in [6.07, 6.45) is 3.46. The molecule has 1 saturated heterocycles. The van der Waals surface area contributed by atoms with Crippen molar-refractivity contribution in [1.29, 1.82) is 0 Å². The molecule has 0 radical (unpaired) electrons. The van der Waals surface area contributed by atoms with Crippen LogP contribution in [0.2, 0.25) is 0 Å². The monoisotopic (exact) mass is 416 g/mol. The molecule has 0 bridgehead atoms. The van der Waals surface area contributed by atoms with Gasteiger partial charge in [0.25, 0.3) is 5.91 Å². The Morgan fingerprint density at radius 3 is 2.77 bits per heavy atom. The third-order valence-corrected chi connectivity index (χ3v) is 5.69. The number of carbonyl (C=O) groups excluding carboxylic acids is 1. The predicted molar refractivity (Wildman–Crippen MR) is 123 cm³/mol. The number of methoxy groups -OCH3 is 1. The molecule has 1 fully saturated rings. The molecule has 6 heteroatoms. The van der Waals surface area contributed by atoms with Crippen LogP contribution >= 0.6 is 11.8 Å². The van der Waals surface area contributed by atoms with Gasteiger partial charge in [-0.15, -0.1) is 6.58 Å². The van der Waals surface area contributed by atoms with Gasteiger partial charge in [-0.3, -0.25) is 9.69 Å². The summed E-state index contributed by atoms with van der Waals surface area (Å²) in [7, 11) is 1.49. The highest BCUT2D eigenvalue weighted by Gasteiger charge is 2.32. The first kappa shape index (κ1) is 19.8. The molecule has 1 aliphatic heterocycles. The van der Waals surface area contributed by atoms with Gasteiger partial charge < -0.3 is 9.84 Å². The molecule has 0 atom stereocenters. The molecule has 150 valence electrons. The quantitative estimate of drug-likeness (QED) is 0.450. The average Bonchev–Trinajstić information content (AvgIpc) is 3.04. The highest BCUT2D eigenvalue weighted by atomic mass is 32.2. The molecule has 3 aromatic carbocycles. The zero-order chi connectivity index (χ0) is 21.1. The number of aromatic hydroxyl groups is 1. The average molecular weight is 417 g/mol. The third-order valence-electron chi connectivity index (χ3n) is 4.68. The molecule has 1 N–H and O–H groups in total. The summed E-state index contributed by atoms with van der Waals surface area (Å²) in [4.78, 5) is 20.0. The standard InChI is InChI=1S/C24H20N2O3S/c1-3-13-26-23(28)22(15-16-11-12-20(27)21(14-16)29-2)30-24(26)25-19-10-6-8-17-7-4-5-9-18(17)19/h3-12,14-15,27H,1,13H2,2H3/b22-15-,25-24?. The van der Waals surface area contributed by atoms with Crippen molar-refractivity contribution in [3.63, 3.8) is 0 Å². The topological polar surface area (TPSA) is 62.1 Å². The maximum atomic E-state index is 13.0. The summed E-state index contributed by atoms with van der Waals surface area (Å²) >= 11 is 1.32. The smallest absolute Gasteiger partial charge is 0.267 e. The SMILES string of the molecule is C=CCN1C(=O)/C(=C/c2ccc(O)c(OC)c2)SC1=Nc1cccc2ccccc12. The van der Waals surface area contributed by atoms with Crippen LogP contribution in [0, 0.1) is 0 Å². The minimum absolute atomic E-state index is 0.0524. The molecule has 0 aromatic heterocycles.